The van der Waals surface area contributed by atoms with Crippen LogP contribution in [0.1, 0.15) is 74.5 Å². The van der Waals surface area contributed by atoms with Crippen LogP contribution in [0.5, 0.6) is 0 Å². The predicted octanol–water partition coefficient (Wildman–Crippen LogP) is -0.0861. The van der Waals surface area contributed by atoms with Crippen LogP contribution < -0.4 is 38.0 Å². The Morgan fingerprint density at radius 1 is 0.922 bits per heavy atom. The van der Waals surface area contributed by atoms with Gasteiger partial charge in [-0.1, -0.05) is 12.5 Å². The van der Waals surface area contributed by atoms with Gasteiger partial charge in [-0.05, 0) is 44.2 Å². The van der Waals surface area contributed by atoms with Gasteiger partial charge in [0.2, 0.25) is 11.8 Å². The van der Waals surface area contributed by atoms with Crippen molar-refractivity contribution in [1.82, 2.24) is 36.1 Å². The number of urea groups is 1. The number of phosphoric ester groups is 2. The number of nitrogens with zero attached hydrogens (tertiary/aromatic N) is 3. The van der Waals surface area contributed by atoms with E-state index in [2.05, 4.69) is 40.6 Å². The van der Waals surface area contributed by atoms with Crippen LogP contribution in [-0.4, -0.2) is 177 Å². The molecule has 0 bridgehead atoms. The number of alkyl carbamates (subject to hydrolysis) is 1. The van der Waals surface area contributed by atoms with Crippen molar-refractivity contribution in [2.45, 2.75) is 106 Å². The normalized spacial score (nSPS) is 21.5. The number of aromatic nitrogens is 2. The molecule has 5 rings (SSSR count). The van der Waals surface area contributed by atoms with Crippen molar-refractivity contribution < 1.29 is 95.4 Å². The summed E-state index contributed by atoms with van der Waals surface area (Å²) in [5, 5.41) is 37.0. The van der Waals surface area contributed by atoms with Crippen molar-refractivity contribution >= 4 is 62.9 Å². The van der Waals surface area contributed by atoms with Crippen LogP contribution in [-0.2, 0) is 69.2 Å². The van der Waals surface area contributed by atoms with E-state index in [0.717, 1.165) is 35.8 Å². The van der Waals surface area contributed by atoms with Gasteiger partial charge in [-0.2, -0.15) is 16.7 Å². The van der Waals surface area contributed by atoms with Crippen LogP contribution in [0.2, 0.25) is 0 Å². The first-order chi connectivity index (χ1) is 36.6. The first-order valence-corrected chi connectivity index (χ1v) is 28.6. The Morgan fingerprint density at radius 3 is 2.27 bits per heavy atom. The number of ether oxygens (including phenoxy) is 6. The maximum atomic E-state index is 12.8. The number of hydrogen-bond acceptors (Lipinski definition) is 21. The molecule has 3 aliphatic heterocycles. The molecule has 2 aromatic rings. The van der Waals surface area contributed by atoms with Gasteiger partial charge in [0.15, 0.2) is 6.23 Å². The minimum Gasteiger partial charge on any atom is -0.441 e. The summed E-state index contributed by atoms with van der Waals surface area (Å²) in [6.07, 6.45) is -4.96. The van der Waals surface area contributed by atoms with Crippen molar-refractivity contribution in [2.75, 3.05) is 84.0 Å². The number of nitro groups is 1. The number of carbonyl (C=O) groups excluding carboxylic acids is 4. The fourth-order valence-corrected chi connectivity index (χ4v) is 10.7. The van der Waals surface area contributed by atoms with Crippen LogP contribution in [0.3, 0.4) is 0 Å². The average Bonchev–Trinajstić information content (AvgIpc) is 4.05. The first-order valence-electron chi connectivity index (χ1n) is 24.5. The van der Waals surface area contributed by atoms with E-state index in [-0.39, 0.29) is 105 Å². The number of fused-ring (bicyclic) bond motifs is 1. The van der Waals surface area contributed by atoms with E-state index < -0.39 is 69.6 Å². The zero-order chi connectivity index (χ0) is 56.1. The molecule has 77 heavy (non-hydrogen) atoms. The molecule has 3 fully saturated rings. The monoisotopic (exact) mass is 1160 g/mol. The third-order valence-corrected chi connectivity index (χ3v) is 14.5. The summed E-state index contributed by atoms with van der Waals surface area (Å²) in [5.74, 6) is 0.302. The third kappa shape index (κ3) is 21.7. The van der Waals surface area contributed by atoms with Crippen molar-refractivity contribution in [3.05, 3.63) is 61.7 Å². The van der Waals surface area contributed by atoms with Gasteiger partial charge < -0.3 is 85.4 Å². The number of aliphatic hydroxyl groups excluding tert-OH is 1. The fourth-order valence-electron chi connectivity index (χ4n) is 8.22. The van der Waals surface area contributed by atoms with Crippen molar-refractivity contribution in [1.29, 1.82) is 0 Å². The Hall–Kier alpha value is -4.89. The number of nitrogen functional groups attached to an aromatic ring is 1. The Labute approximate surface area is 445 Å². The highest BCUT2D eigenvalue weighted by atomic mass is 32.2. The van der Waals surface area contributed by atoms with Gasteiger partial charge in [0.05, 0.1) is 82.0 Å². The van der Waals surface area contributed by atoms with Gasteiger partial charge >= 0.3 is 33.5 Å². The van der Waals surface area contributed by atoms with Gasteiger partial charge in [-0.15, -0.1) is 0 Å². The molecular formula is C43H67N9O22P2S. The lowest BCUT2D eigenvalue weighted by molar-refractivity contribution is -0.386. The van der Waals surface area contributed by atoms with Gasteiger partial charge in [-0.25, -0.2) is 23.5 Å². The molecule has 31 nitrogen and oxygen atoms in total. The highest BCUT2D eigenvalue weighted by molar-refractivity contribution is 8.00. The third-order valence-electron chi connectivity index (χ3n) is 11.9. The number of benzene rings is 1. The van der Waals surface area contributed by atoms with E-state index in [0.29, 0.717) is 56.8 Å². The topological polar surface area (TPSA) is 442 Å². The molecule has 12 N–H and O–H groups in total. The SMILES string of the molecule is CC(OC(=O)NCCCc1cn([C@@H]2O[C@H](COP(=O)(O)O)C(OP(=O)(O)O)[C@@H]2O)c(=O)nc1N)c1cc(CNC(=O)CCOCCOCCOCCOCCNC(=O)CCCC[C@@H]2SC[C@@H]3NC(=O)N[C@@H]32)ccc1[N+](=O)[O-]. The number of rotatable bonds is 35. The summed E-state index contributed by atoms with van der Waals surface area (Å²) < 4.78 is 65.3. The zero-order valence-corrected chi connectivity index (χ0v) is 44.6. The maximum Gasteiger partial charge on any atom is 0.470 e. The summed E-state index contributed by atoms with van der Waals surface area (Å²) in [5.41, 5.74) is 5.24. The number of nitrogens with two attached hydrogens (primary N) is 1. The van der Waals surface area contributed by atoms with Crippen molar-refractivity contribution in [3.8, 4) is 0 Å². The molecule has 432 valence electrons. The number of aliphatic hydroxyl groups is 1. The second-order valence-corrected chi connectivity index (χ2v) is 21.4. The lowest BCUT2D eigenvalue weighted by atomic mass is 10.0. The number of nitro benzene ring substituents is 1. The number of anilines is 1. The lowest BCUT2D eigenvalue weighted by Crippen LogP contribution is -2.38. The van der Waals surface area contributed by atoms with E-state index in [4.69, 9.17) is 43.9 Å². The van der Waals surface area contributed by atoms with E-state index in [1.165, 1.54) is 25.1 Å². The maximum absolute atomic E-state index is 12.8. The van der Waals surface area contributed by atoms with Gasteiger partial charge in [0, 0.05) is 61.3 Å². The van der Waals surface area contributed by atoms with Crippen molar-refractivity contribution in [2.24, 2.45) is 0 Å². The number of unbranched alkanes of at least 4 members (excludes halogenated alkanes) is 1. The van der Waals surface area contributed by atoms with Gasteiger partial charge in [0.1, 0.15) is 30.2 Å². The Morgan fingerprint density at radius 2 is 1.60 bits per heavy atom. The molecular weight excluding hydrogens is 1090 g/mol. The van der Waals surface area contributed by atoms with Crippen LogP contribution in [0.4, 0.5) is 21.1 Å². The number of phosphoric acid groups is 2. The number of thioether (sulfide) groups is 1. The van der Waals surface area contributed by atoms with E-state index in [9.17, 15) is 58.1 Å². The fraction of sp³-hybridized carbons (Fsp3) is 0.674. The summed E-state index contributed by atoms with van der Waals surface area (Å²) in [7, 11) is -10.4. The van der Waals surface area contributed by atoms with E-state index in [1.807, 2.05) is 11.8 Å². The predicted molar refractivity (Wildman–Crippen MR) is 269 cm³/mol. The molecule has 34 heteroatoms. The largest absolute Gasteiger partial charge is 0.470 e. The van der Waals surface area contributed by atoms with Crippen LogP contribution in [0, 0.1) is 10.1 Å². The number of carbonyl (C=O) groups is 4. The minimum atomic E-state index is -5.31. The standard InChI is InChI=1S/C43H67N9O22P2S/c1-26(72-43(58)46-11-4-5-28-23-51(42(57)50-39(28)44)40-37(55)38(74-76(64,65)66)32(73-40)24-71-75(61,62)63)29-21-27(8-9-31(29)52(59)60)22-47-35(54)10-13-67-15-17-69-19-20-70-18-16-68-14-12-45-34(53)7-3-2-6-33-36-30(25-77-33)48-41(56)49-36/h8-9,21,23,26,30,32-33,36-38,40,55H,2-7,10-20,22,24-25H2,1H3,(H,45,53)(H,46,58)(H,47,54)(H2,44,50,57)(H2,48,49,56)(H2,61,62,63)(H2,64,65,66)/t26?,30-,32+,33-,36-,37-,38?,40+/m0/s1. The van der Waals surface area contributed by atoms with E-state index >= 15 is 0 Å². The number of hydrogen-bond donors (Lipinski definition) is 11. The highest BCUT2D eigenvalue weighted by Gasteiger charge is 2.49. The summed E-state index contributed by atoms with van der Waals surface area (Å²) in [4.78, 5) is 113. The summed E-state index contributed by atoms with van der Waals surface area (Å²) in [6, 6.07) is 4.38. The van der Waals surface area contributed by atoms with Gasteiger partial charge in [-0.3, -0.25) is 33.3 Å². The molecule has 4 heterocycles. The molecule has 3 aliphatic rings. The smallest absolute Gasteiger partial charge is 0.441 e. The second kappa shape index (κ2) is 31.0. The summed E-state index contributed by atoms with van der Waals surface area (Å²) in [6.45, 7) is 3.12. The Kier molecular flexibility index (Phi) is 25.4. The quantitative estimate of drug-likeness (QED) is 0.0141. The van der Waals surface area contributed by atoms with Gasteiger partial charge in [0.25, 0.3) is 5.69 Å². The van der Waals surface area contributed by atoms with Crippen molar-refractivity contribution in [3.63, 3.8) is 0 Å². The number of aryl methyl sites for hydroxylation is 1. The second-order valence-electron chi connectivity index (χ2n) is 17.7. The van der Waals surface area contributed by atoms with Crippen LogP contribution in [0.15, 0.2) is 29.2 Å². The summed E-state index contributed by atoms with van der Waals surface area (Å²) >= 11 is 1.86. The number of nitrogens with one attached hydrogen (secondary N) is 5. The molecule has 8 atom stereocenters. The average molecular weight is 1160 g/mol. The Bertz CT molecular complexity index is 2450. The number of amides is 5. The molecule has 3 saturated heterocycles. The molecule has 0 radical (unpaired) electrons. The Balaban J connectivity index is 0.900. The molecule has 1 aromatic carbocycles. The van der Waals surface area contributed by atoms with Crippen LogP contribution in [0.25, 0.3) is 0 Å². The molecule has 0 saturated carbocycles. The molecule has 2 unspecified atom stereocenters. The van der Waals surface area contributed by atoms with E-state index in [1.54, 1.807) is 0 Å². The molecule has 1 aromatic heterocycles. The first kappa shape index (κ1) is 62.9. The highest BCUT2D eigenvalue weighted by Crippen LogP contribution is 2.45. The molecule has 5 amide bonds. The molecule has 0 aliphatic carbocycles. The van der Waals surface area contributed by atoms with Crippen LogP contribution >= 0.6 is 27.4 Å². The molecule has 0 spiro atoms. The zero-order valence-electron chi connectivity index (χ0n) is 42.0. The minimum absolute atomic E-state index is 0.00204. The lowest BCUT2D eigenvalue weighted by Gasteiger charge is -2.21.